The number of carbonyl (C=O) groups excluding carboxylic acids is 2. The maximum Gasteiger partial charge on any atom is 0.345 e. The van der Waals surface area contributed by atoms with E-state index in [1.54, 1.807) is 50.2 Å². The zero-order chi connectivity index (χ0) is 35.8. The van der Waals surface area contributed by atoms with Crippen molar-refractivity contribution in [3.05, 3.63) is 82.9 Å². The number of carbonyl (C=O) groups is 2. The minimum Gasteiger partial charge on any atom is -0.422 e. The number of para-hydroxylation sites is 2. The van der Waals surface area contributed by atoms with Crippen molar-refractivity contribution in [2.45, 2.75) is 39.7 Å². The molecule has 0 saturated heterocycles. The Balaban J connectivity index is 1.51. The Morgan fingerprint density at radius 1 is 0.816 bits per heavy atom. The van der Waals surface area contributed by atoms with Crippen LogP contribution in [-0.2, 0) is 26.8 Å². The molecule has 0 spiro atoms. The number of esters is 1. The van der Waals surface area contributed by atoms with Gasteiger partial charge in [-0.05, 0) is 81.7 Å². The van der Waals surface area contributed by atoms with E-state index in [0.717, 1.165) is 0 Å². The average Bonchev–Trinajstić information content (AvgIpc) is 3.04. The van der Waals surface area contributed by atoms with Gasteiger partial charge in [0, 0.05) is 37.2 Å². The maximum atomic E-state index is 13.9. The van der Waals surface area contributed by atoms with Crippen LogP contribution in [-0.4, -0.2) is 86.9 Å². The third-order valence-electron chi connectivity index (χ3n) is 8.11. The highest BCUT2D eigenvalue weighted by Crippen LogP contribution is 2.30. The van der Waals surface area contributed by atoms with Crippen molar-refractivity contribution in [2.75, 3.05) is 44.2 Å². The van der Waals surface area contributed by atoms with Gasteiger partial charge in [-0.25, -0.2) is 4.79 Å². The minimum absolute atomic E-state index is 0.164. The van der Waals surface area contributed by atoms with Gasteiger partial charge in [0.15, 0.2) is 6.54 Å². The number of aryl methyl sites for hydroxylation is 3. The molecule has 0 bridgehead atoms. The number of rotatable bonds is 17. The highest BCUT2D eigenvalue weighted by atomic mass is 32.2. The number of hydrogen-bond donors (Lipinski definition) is 4. The summed E-state index contributed by atoms with van der Waals surface area (Å²) >= 11 is 0. The van der Waals surface area contributed by atoms with Crippen LogP contribution in [0.3, 0.4) is 0 Å². The Morgan fingerprint density at radius 3 is 1.92 bits per heavy atom. The Hall–Kier alpha value is -3.99. The number of amides is 1. The Bertz CT molecular complexity index is 1970. The summed E-state index contributed by atoms with van der Waals surface area (Å²) in [6, 6.07) is 17.8. The Kier molecular flexibility index (Phi) is 12.8. The standard InChI is InChI=1S/C34H42N4O9S2/c1-24-22-26(33(39)36-15-8-17-37(16-7-14-35)19-21-49(44,45)46)23-25(2)32(24)47-34(40)31-27-10-3-5-12-29(27)38(18-9-20-48(41,42)43)30-13-6-4-11-28(30)31/h3-6,10-13,22-23H,7-9,14-21,35H2,1-2H3,(H2-,36,39,41,42,43,44,45,46)/p+1. The lowest BCUT2D eigenvalue weighted by Crippen LogP contribution is -2.37. The second-order valence-electron chi connectivity index (χ2n) is 11.9. The topological polar surface area (TPSA) is 197 Å². The number of aromatic nitrogens is 1. The summed E-state index contributed by atoms with van der Waals surface area (Å²) in [6.45, 7) is 5.82. The average molecular weight is 716 g/mol. The van der Waals surface area contributed by atoms with E-state index in [-0.39, 0.29) is 24.6 Å². The van der Waals surface area contributed by atoms with Crippen molar-refractivity contribution in [1.29, 1.82) is 0 Å². The second-order valence-corrected chi connectivity index (χ2v) is 15.1. The molecular weight excluding hydrogens is 673 g/mol. The fraction of sp³-hybridized carbons (Fsp3) is 0.382. The van der Waals surface area contributed by atoms with Crippen LogP contribution in [0.5, 0.6) is 5.75 Å². The van der Waals surface area contributed by atoms with E-state index in [1.807, 2.05) is 33.7 Å². The van der Waals surface area contributed by atoms with Gasteiger partial charge < -0.3 is 20.7 Å². The molecule has 13 nitrogen and oxygen atoms in total. The van der Waals surface area contributed by atoms with E-state index in [4.69, 9.17) is 15.0 Å². The van der Waals surface area contributed by atoms with E-state index in [2.05, 4.69) is 5.32 Å². The number of benzene rings is 3. The van der Waals surface area contributed by atoms with E-state index in [1.165, 1.54) is 0 Å². The van der Waals surface area contributed by atoms with Gasteiger partial charge >= 0.3 is 5.97 Å². The molecule has 0 aliphatic heterocycles. The van der Waals surface area contributed by atoms with Gasteiger partial charge in [0.25, 0.3) is 26.1 Å². The first-order valence-corrected chi connectivity index (χ1v) is 19.2. The zero-order valence-corrected chi connectivity index (χ0v) is 29.2. The highest BCUT2D eigenvalue weighted by Gasteiger charge is 2.26. The summed E-state index contributed by atoms with van der Waals surface area (Å²) in [5.74, 6) is -1.35. The molecule has 1 heterocycles. The molecule has 0 saturated carbocycles. The lowest BCUT2D eigenvalue weighted by molar-refractivity contribution is -0.645. The van der Waals surface area contributed by atoms with Gasteiger partial charge in [0.2, 0.25) is 11.0 Å². The van der Waals surface area contributed by atoms with Crippen molar-refractivity contribution in [2.24, 2.45) is 5.73 Å². The van der Waals surface area contributed by atoms with Crippen LogP contribution in [0.15, 0.2) is 60.7 Å². The largest absolute Gasteiger partial charge is 0.422 e. The van der Waals surface area contributed by atoms with Crippen LogP contribution in [0.25, 0.3) is 21.8 Å². The summed E-state index contributed by atoms with van der Waals surface area (Å²) < 4.78 is 71.4. The zero-order valence-electron chi connectivity index (χ0n) is 27.6. The van der Waals surface area contributed by atoms with E-state index < -0.39 is 32.0 Å². The van der Waals surface area contributed by atoms with Crippen LogP contribution < -0.4 is 20.4 Å². The van der Waals surface area contributed by atoms with Crippen LogP contribution in [0.2, 0.25) is 0 Å². The first-order chi connectivity index (χ1) is 23.2. The predicted molar refractivity (Wildman–Crippen MR) is 187 cm³/mol. The quantitative estimate of drug-likeness (QED) is 0.0313. The van der Waals surface area contributed by atoms with Gasteiger partial charge in [-0.2, -0.15) is 21.4 Å². The van der Waals surface area contributed by atoms with Crippen molar-refractivity contribution in [1.82, 2.24) is 10.2 Å². The molecule has 4 rings (SSSR count). The smallest absolute Gasteiger partial charge is 0.345 e. The molecule has 0 radical (unpaired) electrons. The Morgan fingerprint density at radius 2 is 1.37 bits per heavy atom. The number of nitrogens with zero attached hydrogens (tertiary/aromatic N) is 2. The molecule has 0 unspecified atom stereocenters. The monoisotopic (exact) mass is 715 g/mol. The highest BCUT2D eigenvalue weighted by molar-refractivity contribution is 7.86. The van der Waals surface area contributed by atoms with Gasteiger partial charge in [-0.1, -0.05) is 24.3 Å². The molecule has 5 N–H and O–H groups in total. The van der Waals surface area contributed by atoms with Crippen molar-refractivity contribution in [3.8, 4) is 5.75 Å². The summed E-state index contributed by atoms with van der Waals surface area (Å²) in [6.07, 6.45) is 1.39. The molecule has 15 heteroatoms. The van der Waals surface area contributed by atoms with Crippen molar-refractivity contribution < 1.29 is 44.8 Å². The van der Waals surface area contributed by atoms with Crippen molar-refractivity contribution >= 4 is 53.9 Å². The SMILES string of the molecule is Cc1cc(C(=O)NCCCN(CCCN)CCS(=O)(=O)O)cc(C)c1OC(=O)c1c2ccccc2[n+](CCCS(=O)(=O)O)c2ccccc12. The fourth-order valence-electron chi connectivity index (χ4n) is 5.87. The van der Waals surface area contributed by atoms with Crippen LogP contribution in [0.1, 0.15) is 51.1 Å². The summed E-state index contributed by atoms with van der Waals surface area (Å²) in [5.41, 5.74) is 8.88. The van der Waals surface area contributed by atoms with Crippen LogP contribution in [0.4, 0.5) is 0 Å². The second kappa shape index (κ2) is 16.6. The molecule has 0 aliphatic rings. The molecule has 1 aromatic heterocycles. The van der Waals surface area contributed by atoms with E-state index in [0.29, 0.717) is 95.4 Å². The predicted octanol–water partition coefficient (Wildman–Crippen LogP) is 3.05. The minimum atomic E-state index is -4.13. The summed E-state index contributed by atoms with van der Waals surface area (Å²) in [4.78, 5) is 28.8. The van der Waals surface area contributed by atoms with Gasteiger partial charge in [0.05, 0.1) is 27.8 Å². The number of hydrogen-bond acceptors (Lipinski definition) is 9. The molecule has 0 aliphatic carbocycles. The number of pyridine rings is 1. The molecular formula is C34H43N4O9S2+. The third-order valence-corrected chi connectivity index (χ3v) is 9.62. The molecule has 0 fully saturated rings. The van der Waals surface area contributed by atoms with Crippen LogP contribution in [0, 0.1) is 13.8 Å². The molecule has 3 aromatic carbocycles. The molecule has 1 amide bonds. The lowest BCUT2D eigenvalue weighted by Gasteiger charge is -2.21. The molecule has 0 atom stereocenters. The van der Waals surface area contributed by atoms with Crippen molar-refractivity contribution in [3.63, 3.8) is 0 Å². The van der Waals surface area contributed by atoms with Crippen LogP contribution >= 0.6 is 0 Å². The Labute approximate surface area is 286 Å². The first kappa shape index (κ1) is 37.8. The van der Waals surface area contributed by atoms with Gasteiger partial charge in [-0.15, -0.1) is 0 Å². The number of fused-ring (bicyclic) bond motifs is 2. The maximum absolute atomic E-state index is 13.9. The summed E-state index contributed by atoms with van der Waals surface area (Å²) in [7, 11) is -8.22. The fourth-order valence-corrected chi connectivity index (χ4v) is 6.85. The molecule has 49 heavy (non-hydrogen) atoms. The van der Waals surface area contributed by atoms with E-state index >= 15 is 0 Å². The molecule has 4 aromatic rings. The first-order valence-electron chi connectivity index (χ1n) is 16.0. The number of ether oxygens (including phenoxy) is 1. The van der Waals surface area contributed by atoms with Gasteiger partial charge in [-0.3, -0.25) is 13.9 Å². The van der Waals surface area contributed by atoms with Gasteiger partial charge in [0.1, 0.15) is 5.75 Å². The lowest BCUT2D eigenvalue weighted by atomic mass is 10.0. The molecule has 264 valence electrons. The third kappa shape index (κ3) is 10.5. The summed E-state index contributed by atoms with van der Waals surface area (Å²) in [5, 5.41) is 4.11. The van der Waals surface area contributed by atoms with E-state index in [9.17, 15) is 31.0 Å². The number of nitrogens with two attached hydrogens (primary N) is 1. The number of nitrogens with one attached hydrogen (secondary N) is 1. The normalized spacial score (nSPS) is 12.1.